The van der Waals surface area contributed by atoms with E-state index in [4.69, 9.17) is 0 Å². The first-order chi connectivity index (χ1) is 10.7. The predicted octanol–water partition coefficient (Wildman–Crippen LogP) is 6.20. The molecule has 0 fully saturated rings. The van der Waals surface area contributed by atoms with E-state index in [1.54, 1.807) is 0 Å². The molecule has 0 rings (SSSR count). The number of thioether (sulfide) groups is 1. The summed E-state index contributed by atoms with van der Waals surface area (Å²) in [6, 6.07) is 0. The van der Waals surface area contributed by atoms with Gasteiger partial charge in [0.05, 0.1) is 6.10 Å². The van der Waals surface area contributed by atoms with Crippen LogP contribution in [0.1, 0.15) is 71.1 Å². The lowest BCUT2D eigenvalue weighted by Crippen LogP contribution is -2.36. The summed E-state index contributed by atoms with van der Waals surface area (Å²) in [5.41, 5.74) is 0. The number of halogens is 5. The van der Waals surface area contributed by atoms with Gasteiger partial charge in [0, 0.05) is 6.42 Å². The van der Waals surface area contributed by atoms with Crippen LogP contribution in [0.4, 0.5) is 22.0 Å². The van der Waals surface area contributed by atoms with Crippen molar-refractivity contribution in [3.63, 3.8) is 0 Å². The Labute approximate surface area is 140 Å². The Morgan fingerprint density at radius 1 is 0.826 bits per heavy atom. The van der Waals surface area contributed by atoms with Gasteiger partial charge in [-0.25, -0.2) is 0 Å². The molecule has 0 aliphatic carbocycles. The lowest BCUT2D eigenvalue weighted by Gasteiger charge is -2.19. The zero-order valence-corrected chi connectivity index (χ0v) is 14.6. The Bertz CT molecular complexity index is 284. The quantitative estimate of drug-likeness (QED) is 0.292. The molecule has 0 aliphatic heterocycles. The van der Waals surface area contributed by atoms with Gasteiger partial charge in [-0.2, -0.15) is 33.7 Å². The number of unbranched alkanes of at least 4 members (excludes halogenated alkanes) is 4. The first-order valence-corrected chi connectivity index (χ1v) is 9.56. The van der Waals surface area contributed by atoms with E-state index in [1.807, 2.05) is 0 Å². The average molecular weight is 364 g/mol. The molecule has 0 radical (unpaired) electrons. The highest BCUT2D eigenvalue weighted by atomic mass is 32.2. The first kappa shape index (κ1) is 23.0. The van der Waals surface area contributed by atoms with E-state index in [1.165, 1.54) is 11.8 Å². The molecule has 0 aromatic rings. The van der Waals surface area contributed by atoms with E-state index < -0.39 is 18.5 Å². The Hall–Kier alpha value is -0.0400. The fourth-order valence-corrected chi connectivity index (χ4v) is 3.12. The Morgan fingerprint density at radius 2 is 1.39 bits per heavy atom. The second-order valence-electron chi connectivity index (χ2n) is 5.92. The number of hydrogen-bond acceptors (Lipinski definition) is 2. The Balaban J connectivity index is 3.38. The maximum absolute atomic E-state index is 12.6. The van der Waals surface area contributed by atoms with Crippen molar-refractivity contribution in [3.8, 4) is 0 Å². The molecule has 1 unspecified atom stereocenters. The lowest BCUT2D eigenvalue weighted by atomic mass is 10.1. The summed E-state index contributed by atoms with van der Waals surface area (Å²) in [4.78, 5) is 0. The second kappa shape index (κ2) is 12.3. The molecule has 0 saturated carbocycles. The van der Waals surface area contributed by atoms with Gasteiger partial charge in [0.2, 0.25) is 0 Å². The number of aliphatic hydroxyl groups is 1. The van der Waals surface area contributed by atoms with Gasteiger partial charge in [0.25, 0.3) is 0 Å². The molecule has 0 spiro atoms. The van der Waals surface area contributed by atoms with Crippen LogP contribution in [0.15, 0.2) is 0 Å². The summed E-state index contributed by atoms with van der Waals surface area (Å²) in [7, 11) is 0. The molecule has 0 saturated heterocycles. The van der Waals surface area contributed by atoms with Crippen LogP contribution in [0.25, 0.3) is 0 Å². The van der Waals surface area contributed by atoms with Crippen LogP contribution in [0.3, 0.4) is 0 Å². The molecule has 0 amide bonds. The zero-order valence-electron chi connectivity index (χ0n) is 13.8. The van der Waals surface area contributed by atoms with Crippen molar-refractivity contribution in [2.24, 2.45) is 0 Å². The molecule has 140 valence electrons. The Morgan fingerprint density at radius 3 is 2.00 bits per heavy atom. The summed E-state index contributed by atoms with van der Waals surface area (Å²) in [6.45, 7) is 2.09. The molecule has 0 aromatic carbocycles. The van der Waals surface area contributed by atoms with Crippen molar-refractivity contribution >= 4 is 11.8 Å². The van der Waals surface area contributed by atoms with E-state index in [-0.39, 0.29) is 12.5 Å². The van der Waals surface area contributed by atoms with Crippen molar-refractivity contribution < 1.29 is 27.1 Å². The number of rotatable bonds is 14. The van der Waals surface area contributed by atoms with Crippen LogP contribution in [0, 0.1) is 0 Å². The average Bonchev–Trinajstić information content (AvgIpc) is 2.45. The van der Waals surface area contributed by atoms with Gasteiger partial charge in [-0.15, -0.1) is 0 Å². The van der Waals surface area contributed by atoms with Crippen molar-refractivity contribution in [1.29, 1.82) is 0 Å². The molecule has 0 bridgehead atoms. The highest BCUT2D eigenvalue weighted by molar-refractivity contribution is 7.99. The van der Waals surface area contributed by atoms with Gasteiger partial charge in [-0.1, -0.05) is 39.0 Å². The number of alkyl halides is 5. The SMILES string of the molecule is CCCCC(O)CCCCCCSCCCC(F)(F)C(F)(F)F. The Kier molecular flexibility index (Phi) is 12.3. The van der Waals surface area contributed by atoms with Crippen molar-refractivity contribution in [3.05, 3.63) is 0 Å². The summed E-state index contributed by atoms with van der Waals surface area (Å²) in [6.07, 6.45) is 0.864. The van der Waals surface area contributed by atoms with Crippen molar-refractivity contribution in [1.82, 2.24) is 0 Å². The van der Waals surface area contributed by atoms with Crippen LogP contribution < -0.4 is 0 Å². The molecule has 0 aliphatic rings. The van der Waals surface area contributed by atoms with Crippen LogP contribution in [0.2, 0.25) is 0 Å². The third-order valence-corrected chi connectivity index (χ3v) is 4.82. The summed E-state index contributed by atoms with van der Waals surface area (Å²) < 4.78 is 61.1. The lowest BCUT2D eigenvalue weighted by molar-refractivity contribution is -0.284. The largest absolute Gasteiger partial charge is 0.453 e. The maximum atomic E-state index is 12.6. The molecule has 0 heterocycles. The standard InChI is InChI=1S/C16H29F5OS/c1-2-3-9-14(22)10-6-4-5-7-12-23-13-8-11-15(17,18)16(19,20)21/h14,22H,2-13H2,1H3. The van der Waals surface area contributed by atoms with Crippen molar-refractivity contribution in [2.45, 2.75) is 89.3 Å². The van der Waals surface area contributed by atoms with Crippen LogP contribution in [0.5, 0.6) is 0 Å². The van der Waals surface area contributed by atoms with Gasteiger partial charge < -0.3 is 5.11 Å². The van der Waals surface area contributed by atoms with Crippen LogP contribution >= 0.6 is 11.8 Å². The molecule has 1 atom stereocenters. The molecule has 23 heavy (non-hydrogen) atoms. The van der Waals surface area contributed by atoms with Gasteiger partial charge in [-0.3, -0.25) is 0 Å². The van der Waals surface area contributed by atoms with Gasteiger partial charge >= 0.3 is 12.1 Å². The second-order valence-corrected chi connectivity index (χ2v) is 7.14. The van der Waals surface area contributed by atoms with E-state index in [9.17, 15) is 27.1 Å². The normalized spacial score (nSPS) is 14.2. The van der Waals surface area contributed by atoms with E-state index >= 15 is 0 Å². The third-order valence-electron chi connectivity index (χ3n) is 3.66. The minimum Gasteiger partial charge on any atom is -0.393 e. The van der Waals surface area contributed by atoms with Gasteiger partial charge in [0.1, 0.15) is 0 Å². The summed E-state index contributed by atoms with van der Waals surface area (Å²) in [5.74, 6) is -3.44. The molecule has 7 heteroatoms. The molecule has 1 N–H and O–H groups in total. The molecular formula is C16H29F5OS. The smallest absolute Gasteiger partial charge is 0.393 e. The summed E-state index contributed by atoms with van der Waals surface area (Å²) in [5, 5.41) is 9.66. The van der Waals surface area contributed by atoms with E-state index in [0.29, 0.717) is 5.75 Å². The van der Waals surface area contributed by atoms with Crippen LogP contribution in [-0.2, 0) is 0 Å². The predicted molar refractivity (Wildman–Crippen MR) is 86.2 cm³/mol. The van der Waals surface area contributed by atoms with E-state index in [0.717, 1.165) is 57.1 Å². The first-order valence-electron chi connectivity index (χ1n) is 8.41. The van der Waals surface area contributed by atoms with Gasteiger partial charge in [0.15, 0.2) is 0 Å². The molecule has 0 aromatic heterocycles. The van der Waals surface area contributed by atoms with E-state index in [2.05, 4.69) is 6.92 Å². The van der Waals surface area contributed by atoms with Crippen LogP contribution in [-0.4, -0.2) is 34.8 Å². The number of hydrogen-bond donors (Lipinski definition) is 1. The zero-order chi connectivity index (χ0) is 17.8. The van der Waals surface area contributed by atoms with Crippen molar-refractivity contribution in [2.75, 3.05) is 11.5 Å². The fourth-order valence-electron chi connectivity index (χ4n) is 2.16. The monoisotopic (exact) mass is 364 g/mol. The van der Waals surface area contributed by atoms with Gasteiger partial charge in [-0.05, 0) is 37.2 Å². The fraction of sp³-hybridized carbons (Fsp3) is 1.00. The highest BCUT2D eigenvalue weighted by Gasteiger charge is 2.56. The molecule has 1 nitrogen and oxygen atoms in total. The summed E-state index contributed by atoms with van der Waals surface area (Å²) >= 11 is 1.43. The highest BCUT2D eigenvalue weighted by Crippen LogP contribution is 2.39. The topological polar surface area (TPSA) is 20.2 Å². The molecular weight excluding hydrogens is 335 g/mol. The maximum Gasteiger partial charge on any atom is 0.453 e. The third kappa shape index (κ3) is 12.0. The minimum atomic E-state index is -5.43. The minimum absolute atomic E-state index is 0.124. The number of aliphatic hydroxyl groups excluding tert-OH is 1.